The number of nitrogens with zero attached hydrogens (tertiary/aromatic N) is 2. The average molecular weight is 421 g/mol. The van der Waals surface area contributed by atoms with Gasteiger partial charge in [-0.2, -0.15) is 0 Å². The summed E-state index contributed by atoms with van der Waals surface area (Å²) in [6.07, 6.45) is 0. The van der Waals surface area contributed by atoms with Gasteiger partial charge in [-0.05, 0) is 36.8 Å². The van der Waals surface area contributed by atoms with E-state index in [9.17, 15) is 14.3 Å². The minimum Gasteiger partial charge on any atom is -0.504 e. The van der Waals surface area contributed by atoms with Crippen LogP contribution in [0.5, 0.6) is 0 Å². The number of aromatic nitrogens is 1. The van der Waals surface area contributed by atoms with Gasteiger partial charge >= 0.3 is 0 Å². The average Bonchev–Trinajstić information content (AvgIpc) is 3.35. The van der Waals surface area contributed by atoms with Gasteiger partial charge in [-0.1, -0.05) is 17.3 Å². The molecule has 0 saturated carbocycles. The summed E-state index contributed by atoms with van der Waals surface area (Å²) in [7, 11) is 0. The van der Waals surface area contributed by atoms with Crippen LogP contribution in [0.1, 0.15) is 17.0 Å². The molecule has 1 saturated heterocycles. The molecule has 1 aromatic heterocycles. The number of nitrogens with one attached hydrogen (secondary N) is 1. The van der Waals surface area contributed by atoms with Crippen LogP contribution in [-0.4, -0.2) is 42.5 Å². The number of carbonyl (C=O) groups excluding carboxylic acids is 1. The van der Waals surface area contributed by atoms with Crippen molar-refractivity contribution < 1.29 is 23.6 Å². The Hall–Kier alpha value is -3.65. The van der Waals surface area contributed by atoms with Gasteiger partial charge in [0.05, 0.1) is 30.2 Å². The molecule has 2 aromatic carbocycles. The highest BCUT2D eigenvalue weighted by Gasteiger charge is 2.31. The maximum atomic E-state index is 14.9. The van der Waals surface area contributed by atoms with Gasteiger partial charge in [0.15, 0.2) is 5.76 Å². The number of aliphatic hydroxyl groups is 1. The lowest BCUT2D eigenvalue weighted by Crippen LogP contribution is -2.36. The van der Waals surface area contributed by atoms with Crippen molar-refractivity contribution in [3.05, 3.63) is 65.3 Å². The molecule has 0 radical (unpaired) electrons. The summed E-state index contributed by atoms with van der Waals surface area (Å²) >= 11 is 0. The molecule has 0 bridgehead atoms. The van der Waals surface area contributed by atoms with Crippen molar-refractivity contribution in [3.8, 4) is 11.1 Å². The smallest absolute Gasteiger partial charge is 0.260 e. The predicted octanol–water partition coefficient (Wildman–Crippen LogP) is 4.00. The number of benzene rings is 2. The molecule has 3 heterocycles. The van der Waals surface area contributed by atoms with Gasteiger partial charge in [0.25, 0.3) is 5.91 Å². The molecular formula is C23H20FN3O4. The van der Waals surface area contributed by atoms with Crippen LogP contribution in [-0.2, 0) is 9.53 Å². The van der Waals surface area contributed by atoms with Gasteiger partial charge in [0.1, 0.15) is 5.82 Å². The Labute approximate surface area is 177 Å². The highest BCUT2D eigenvalue weighted by Crippen LogP contribution is 2.40. The number of fused-ring (bicyclic) bond motifs is 1. The molecule has 3 aromatic rings. The van der Waals surface area contributed by atoms with Crippen molar-refractivity contribution in [2.75, 3.05) is 36.5 Å². The first-order valence-corrected chi connectivity index (χ1v) is 9.96. The highest BCUT2D eigenvalue weighted by atomic mass is 19.1. The molecule has 7 nitrogen and oxygen atoms in total. The van der Waals surface area contributed by atoms with Gasteiger partial charge in [-0.15, -0.1) is 0 Å². The number of ether oxygens (including phenoxy) is 1. The Bertz CT molecular complexity index is 1190. The fraction of sp³-hybridized carbons (Fsp3) is 0.217. The Morgan fingerprint density at radius 2 is 1.87 bits per heavy atom. The molecule has 2 aliphatic rings. The summed E-state index contributed by atoms with van der Waals surface area (Å²) in [5.41, 5.74) is 3.36. The molecule has 1 amide bonds. The minimum atomic E-state index is -0.527. The molecule has 31 heavy (non-hydrogen) atoms. The number of hydrogen-bond acceptors (Lipinski definition) is 6. The summed E-state index contributed by atoms with van der Waals surface area (Å²) in [6, 6.07) is 12.0. The van der Waals surface area contributed by atoms with Crippen LogP contribution in [0.3, 0.4) is 0 Å². The molecule has 2 aliphatic heterocycles. The van der Waals surface area contributed by atoms with E-state index < -0.39 is 11.7 Å². The van der Waals surface area contributed by atoms with Crippen LogP contribution in [0.15, 0.2) is 47.0 Å². The van der Waals surface area contributed by atoms with Crippen molar-refractivity contribution >= 4 is 28.6 Å². The summed E-state index contributed by atoms with van der Waals surface area (Å²) in [5, 5.41) is 17.0. The normalized spacial score (nSPS) is 17.5. The largest absolute Gasteiger partial charge is 0.504 e. The first-order chi connectivity index (χ1) is 15.0. The highest BCUT2D eigenvalue weighted by molar-refractivity contribution is 6.36. The zero-order valence-electron chi connectivity index (χ0n) is 16.8. The quantitative estimate of drug-likeness (QED) is 0.491. The molecule has 158 valence electrons. The van der Waals surface area contributed by atoms with Gasteiger partial charge in [0, 0.05) is 36.0 Å². The van der Waals surface area contributed by atoms with E-state index in [4.69, 9.17) is 9.26 Å². The van der Waals surface area contributed by atoms with E-state index >= 15 is 0 Å². The number of amides is 1. The van der Waals surface area contributed by atoms with Crippen molar-refractivity contribution in [2.24, 2.45) is 0 Å². The third-order valence-corrected chi connectivity index (χ3v) is 5.50. The van der Waals surface area contributed by atoms with Crippen LogP contribution in [0.4, 0.5) is 15.8 Å². The van der Waals surface area contributed by atoms with Gasteiger partial charge in [0.2, 0.25) is 5.76 Å². The summed E-state index contributed by atoms with van der Waals surface area (Å²) < 4.78 is 25.4. The molecule has 1 fully saturated rings. The van der Waals surface area contributed by atoms with E-state index in [0.717, 1.165) is 18.8 Å². The summed E-state index contributed by atoms with van der Waals surface area (Å²) in [4.78, 5) is 14.7. The maximum absolute atomic E-state index is 14.9. The third kappa shape index (κ3) is 3.44. The van der Waals surface area contributed by atoms with Gasteiger partial charge < -0.3 is 24.6 Å². The lowest BCUT2D eigenvalue weighted by Gasteiger charge is -2.29. The van der Waals surface area contributed by atoms with E-state index in [1.165, 1.54) is 12.1 Å². The number of carbonyl (C=O) groups is 1. The monoisotopic (exact) mass is 421 g/mol. The van der Waals surface area contributed by atoms with Crippen LogP contribution < -0.4 is 10.2 Å². The number of aryl methyl sites for hydroxylation is 1. The van der Waals surface area contributed by atoms with Crippen molar-refractivity contribution in [1.82, 2.24) is 5.16 Å². The topological polar surface area (TPSA) is 87.8 Å². The third-order valence-electron chi connectivity index (χ3n) is 5.50. The SMILES string of the molecule is Cc1cc(C(O)=C2C(=O)Nc3cc(F)c(-c4ccc(N5CCOCC5)cc4)cc32)on1. The Balaban J connectivity index is 1.54. The lowest BCUT2D eigenvalue weighted by molar-refractivity contribution is -0.110. The van der Waals surface area contributed by atoms with Crippen molar-refractivity contribution in [2.45, 2.75) is 6.92 Å². The number of aliphatic hydroxyl groups excluding tert-OH is 1. The van der Waals surface area contributed by atoms with Crippen LogP contribution in [0, 0.1) is 12.7 Å². The molecule has 0 unspecified atom stereocenters. The van der Waals surface area contributed by atoms with E-state index in [1.807, 2.05) is 24.3 Å². The molecule has 0 atom stereocenters. The Morgan fingerprint density at radius 3 is 2.55 bits per heavy atom. The molecular weight excluding hydrogens is 401 g/mol. The van der Waals surface area contributed by atoms with Crippen LogP contribution in [0.25, 0.3) is 22.5 Å². The molecule has 0 aliphatic carbocycles. The van der Waals surface area contributed by atoms with E-state index in [0.29, 0.717) is 41.3 Å². The Morgan fingerprint density at radius 1 is 1.13 bits per heavy atom. The van der Waals surface area contributed by atoms with Crippen LogP contribution >= 0.6 is 0 Å². The number of morpholine rings is 1. The second-order valence-electron chi connectivity index (χ2n) is 7.53. The molecule has 0 spiro atoms. The fourth-order valence-corrected chi connectivity index (χ4v) is 3.92. The maximum Gasteiger partial charge on any atom is 0.260 e. The molecule has 2 N–H and O–H groups in total. The molecule has 8 heteroatoms. The number of halogens is 1. The van der Waals surface area contributed by atoms with E-state index in [2.05, 4.69) is 15.4 Å². The predicted molar refractivity (Wildman–Crippen MR) is 114 cm³/mol. The number of anilines is 2. The fourth-order valence-electron chi connectivity index (χ4n) is 3.92. The van der Waals surface area contributed by atoms with E-state index in [-0.39, 0.29) is 17.1 Å². The summed E-state index contributed by atoms with van der Waals surface area (Å²) in [6.45, 7) is 4.71. The van der Waals surface area contributed by atoms with Gasteiger partial charge in [-0.25, -0.2) is 4.39 Å². The second kappa shape index (κ2) is 7.55. The first-order valence-electron chi connectivity index (χ1n) is 9.96. The van der Waals surface area contributed by atoms with Crippen LogP contribution in [0.2, 0.25) is 0 Å². The van der Waals surface area contributed by atoms with E-state index in [1.54, 1.807) is 13.0 Å². The molecule has 5 rings (SSSR count). The minimum absolute atomic E-state index is 0.0253. The number of hydrogen-bond donors (Lipinski definition) is 2. The standard InChI is InChI=1S/C23H20FN3O4/c1-13-10-20(31-26-13)22(28)21-17-11-16(18(24)12-19(17)25-23(21)29)14-2-4-15(5-3-14)27-6-8-30-9-7-27/h2-5,10-12,28H,6-9H2,1H3,(H,25,29). The second-order valence-corrected chi connectivity index (χ2v) is 7.53. The zero-order chi connectivity index (χ0) is 21.5. The number of rotatable bonds is 3. The van der Waals surface area contributed by atoms with Crippen molar-refractivity contribution in [1.29, 1.82) is 0 Å². The first kappa shape index (κ1) is 19.3. The Kier molecular flexibility index (Phi) is 4.71. The van der Waals surface area contributed by atoms with Crippen molar-refractivity contribution in [3.63, 3.8) is 0 Å². The zero-order valence-corrected chi connectivity index (χ0v) is 16.8. The van der Waals surface area contributed by atoms with Gasteiger partial charge in [-0.3, -0.25) is 4.79 Å². The lowest BCUT2D eigenvalue weighted by atomic mass is 9.97. The summed E-state index contributed by atoms with van der Waals surface area (Å²) in [5.74, 6) is -1.25.